The van der Waals surface area contributed by atoms with Crippen molar-refractivity contribution in [1.82, 2.24) is 19.6 Å². The van der Waals surface area contributed by atoms with Gasteiger partial charge < -0.3 is 4.90 Å². The zero-order valence-corrected chi connectivity index (χ0v) is 16.2. The first-order valence-electron chi connectivity index (χ1n) is 10.0. The summed E-state index contributed by atoms with van der Waals surface area (Å²) in [6.45, 7) is 8.46. The number of aromatic nitrogens is 2. The van der Waals surface area contributed by atoms with E-state index in [4.69, 9.17) is 5.26 Å². The van der Waals surface area contributed by atoms with E-state index >= 15 is 0 Å². The van der Waals surface area contributed by atoms with E-state index in [2.05, 4.69) is 16.1 Å². The van der Waals surface area contributed by atoms with Crippen molar-refractivity contribution in [1.29, 1.82) is 5.26 Å². The minimum atomic E-state index is 0.264. The van der Waals surface area contributed by atoms with Crippen LogP contribution in [0.4, 0.5) is 0 Å². The summed E-state index contributed by atoms with van der Waals surface area (Å²) in [4.78, 5) is 17.3. The Labute approximate surface area is 156 Å². The number of carbonyl (C=O) groups is 1. The van der Waals surface area contributed by atoms with E-state index in [1.165, 1.54) is 31.2 Å². The molecule has 1 saturated heterocycles. The van der Waals surface area contributed by atoms with Crippen molar-refractivity contribution >= 4 is 5.91 Å². The standard InChI is InChI=1S/C20H31N5O/c1-16-19(17(2)25(22-16)11-5-10-21)8-9-20(26)24-14-12-23(13-15-24)18-6-3-4-7-18/h18H,3-9,11-15H2,1-2H3. The summed E-state index contributed by atoms with van der Waals surface area (Å²) in [5.74, 6) is 0.264. The number of nitriles is 1. The molecule has 1 aliphatic heterocycles. The van der Waals surface area contributed by atoms with Crippen LogP contribution in [0, 0.1) is 25.2 Å². The zero-order valence-electron chi connectivity index (χ0n) is 16.2. The lowest BCUT2D eigenvalue weighted by Crippen LogP contribution is -2.51. The van der Waals surface area contributed by atoms with Crippen LogP contribution in [0.15, 0.2) is 0 Å². The summed E-state index contributed by atoms with van der Waals surface area (Å²) >= 11 is 0. The summed E-state index contributed by atoms with van der Waals surface area (Å²) in [7, 11) is 0. The number of piperazine rings is 1. The molecular formula is C20H31N5O. The van der Waals surface area contributed by atoms with Gasteiger partial charge in [0.1, 0.15) is 0 Å². The molecule has 1 aromatic rings. The number of amides is 1. The van der Waals surface area contributed by atoms with E-state index in [1.807, 2.05) is 23.4 Å². The Morgan fingerprint density at radius 3 is 2.54 bits per heavy atom. The molecule has 6 heteroatoms. The number of nitrogens with zero attached hydrogens (tertiary/aromatic N) is 5. The van der Waals surface area contributed by atoms with Crippen LogP contribution in [-0.2, 0) is 17.8 Å². The maximum atomic E-state index is 12.6. The Kier molecular flexibility index (Phi) is 6.31. The first kappa shape index (κ1) is 18.9. The molecule has 0 unspecified atom stereocenters. The van der Waals surface area contributed by atoms with Gasteiger partial charge in [-0.15, -0.1) is 0 Å². The number of rotatable bonds is 6. The van der Waals surface area contributed by atoms with Crippen LogP contribution in [-0.4, -0.2) is 57.7 Å². The lowest BCUT2D eigenvalue weighted by molar-refractivity contribution is -0.133. The predicted molar refractivity (Wildman–Crippen MR) is 101 cm³/mol. The monoisotopic (exact) mass is 357 g/mol. The van der Waals surface area contributed by atoms with Crippen molar-refractivity contribution in [3.8, 4) is 6.07 Å². The van der Waals surface area contributed by atoms with Crippen molar-refractivity contribution in [2.24, 2.45) is 0 Å². The lowest BCUT2D eigenvalue weighted by Gasteiger charge is -2.38. The molecule has 142 valence electrons. The molecule has 0 radical (unpaired) electrons. The maximum Gasteiger partial charge on any atom is 0.222 e. The molecule has 0 atom stereocenters. The van der Waals surface area contributed by atoms with Crippen LogP contribution in [0.1, 0.15) is 55.5 Å². The summed E-state index contributed by atoms with van der Waals surface area (Å²) in [6, 6.07) is 2.92. The largest absolute Gasteiger partial charge is 0.340 e. The molecule has 0 bridgehead atoms. The summed E-state index contributed by atoms with van der Waals surface area (Å²) < 4.78 is 1.90. The van der Waals surface area contributed by atoms with E-state index in [1.54, 1.807) is 0 Å². The van der Waals surface area contributed by atoms with Gasteiger partial charge in [0.15, 0.2) is 0 Å². The van der Waals surface area contributed by atoms with Gasteiger partial charge in [-0.05, 0) is 38.7 Å². The first-order chi connectivity index (χ1) is 12.6. The van der Waals surface area contributed by atoms with Crippen LogP contribution in [0.2, 0.25) is 0 Å². The molecule has 0 spiro atoms. The molecule has 2 fully saturated rings. The van der Waals surface area contributed by atoms with Crippen molar-refractivity contribution in [2.75, 3.05) is 26.2 Å². The van der Waals surface area contributed by atoms with Gasteiger partial charge in [0.2, 0.25) is 5.91 Å². The third-order valence-electron chi connectivity index (χ3n) is 6.06. The average molecular weight is 358 g/mol. The number of carbonyl (C=O) groups excluding carboxylic acids is 1. The molecule has 3 rings (SSSR count). The smallest absolute Gasteiger partial charge is 0.222 e. The Morgan fingerprint density at radius 1 is 1.19 bits per heavy atom. The highest BCUT2D eigenvalue weighted by Gasteiger charge is 2.27. The van der Waals surface area contributed by atoms with Crippen LogP contribution in [0.3, 0.4) is 0 Å². The molecule has 6 nitrogen and oxygen atoms in total. The van der Waals surface area contributed by atoms with Gasteiger partial charge in [-0.3, -0.25) is 14.4 Å². The SMILES string of the molecule is Cc1nn(CCC#N)c(C)c1CCC(=O)N1CCN(C2CCCC2)CC1. The van der Waals surface area contributed by atoms with Gasteiger partial charge in [-0.25, -0.2) is 0 Å². The van der Waals surface area contributed by atoms with Crippen molar-refractivity contribution in [3.63, 3.8) is 0 Å². The minimum Gasteiger partial charge on any atom is -0.340 e. The van der Waals surface area contributed by atoms with Gasteiger partial charge >= 0.3 is 0 Å². The van der Waals surface area contributed by atoms with Gasteiger partial charge in [0, 0.05) is 44.3 Å². The van der Waals surface area contributed by atoms with Crippen LogP contribution < -0.4 is 0 Å². The molecule has 1 amide bonds. The Hall–Kier alpha value is -1.87. The van der Waals surface area contributed by atoms with E-state index < -0.39 is 0 Å². The highest BCUT2D eigenvalue weighted by molar-refractivity contribution is 5.76. The second-order valence-electron chi connectivity index (χ2n) is 7.64. The fourth-order valence-electron chi connectivity index (χ4n) is 4.47. The molecule has 1 saturated carbocycles. The normalized spacial score (nSPS) is 19.0. The quantitative estimate of drug-likeness (QED) is 0.784. The summed E-state index contributed by atoms with van der Waals surface area (Å²) in [5.41, 5.74) is 3.25. The van der Waals surface area contributed by atoms with E-state index in [-0.39, 0.29) is 5.91 Å². The molecule has 2 heterocycles. The van der Waals surface area contributed by atoms with Gasteiger partial charge in [-0.2, -0.15) is 10.4 Å². The molecule has 1 aromatic heterocycles. The zero-order chi connectivity index (χ0) is 18.5. The van der Waals surface area contributed by atoms with Gasteiger partial charge in [0.05, 0.1) is 24.7 Å². The van der Waals surface area contributed by atoms with Gasteiger partial charge in [0.25, 0.3) is 0 Å². The predicted octanol–water partition coefficient (Wildman–Crippen LogP) is 2.43. The van der Waals surface area contributed by atoms with E-state index in [9.17, 15) is 4.79 Å². The Morgan fingerprint density at radius 2 is 1.88 bits per heavy atom. The highest BCUT2D eigenvalue weighted by Crippen LogP contribution is 2.24. The molecule has 2 aliphatic rings. The van der Waals surface area contributed by atoms with E-state index in [0.29, 0.717) is 19.4 Å². The fraction of sp³-hybridized carbons (Fsp3) is 0.750. The molecule has 1 aliphatic carbocycles. The van der Waals surface area contributed by atoms with Gasteiger partial charge in [-0.1, -0.05) is 12.8 Å². The third-order valence-corrected chi connectivity index (χ3v) is 6.06. The van der Waals surface area contributed by atoms with Crippen LogP contribution >= 0.6 is 0 Å². The summed E-state index contributed by atoms with van der Waals surface area (Å²) in [6.07, 6.45) is 7.16. The maximum absolute atomic E-state index is 12.6. The first-order valence-corrected chi connectivity index (χ1v) is 10.0. The van der Waals surface area contributed by atoms with Crippen LogP contribution in [0.5, 0.6) is 0 Å². The highest BCUT2D eigenvalue weighted by atomic mass is 16.2. The summed E-state index contributed by atoms with van der Waals surface area (Å²) in [5, 5.41) is 13.3. The second kappa shape index (κ2) is 8.68. The number of hydrogen-bond acceptors (Lipinski definition) is 4. The van der Waals surface area contributed by atoms with Crippen molar-refractivity contribution in [3.05, 3.63) is 17.0 Å². The molecule has 0 aromatic carbocycles. The molecule has 0 N–H and O–H groups in total. The number of aryl methyl sites for hydroxylation is 2. The van der Waals surface area contributed by atoms with Crippen molar-refractivity contribution < 1.29 is 4.79 Å². The fourth-order valence-corrected chi connectivity index (χ4v) is 4.47. The lowest BCUT2D eigenvalue weighted by atomic mass is 10.1. The molecule has 26 heavy (non-hydrogen) atoms. The third kappa shape index (κ3) is 4.27. The average Bonchev–Trinajstić information content (AvgIpc) is 3.27. The Balaban J connectivity index is 1.49. The topological polar surface area (TPSA) is 65.2 Å². The minimum absolute atomic E-state index is 0.264. The van der Waals surface area contributed by atoms with Crippen molar-refractivity contribution in [2.45, 2.75) is 71.4 Å². The Bertz CT molecular complexity index is 660. The molecular weight excluding hydrogens is 326 g/mol. The van der Waals surface area contributed by atoms with Crippen LogP contribution in [0.25, 0.3) is 0 Å². The number of hydrogen-bond donors (Lipinski definition) is 0. The second-order valence-corrected chi connectivity index (χ2v) is 7.64. The van der Waals surface area contributed by atoms with E-state index in [0.717, 1.165) is 50.0 Å².